The third-order valence-electron chi connectivity index (χ3n) is 3.60. The number of rotatable bonds is 9. The minimum absolute atomic E-state index is 0.122. The molecule has 0 fully saturated rings. The molecule has 0 aliphatic heterocycles. The van der Waals surface area contributed by atoms with Crippen molar-refractivity contribution in [3.8, 4) is 0 Å². The molecule has 0 amide bonds. The number of hydrogen-bond donors (Lipinski definition) is 1. The molecule has 0 spiro atoms. The van der Waals surface area contributed by atoms with Gasteiger partial charge in [0.05, 0.1) is 10.6 Å². The summed E-state index contributed by atoms with van der Waals surface area (Å²) >= 11 is 1.75. The fraction of sp³-hybridized carbons (Fsp3) is 0.800. The van der Waals surface area contributed by atoms with E-state index in [0.717, 1.165) is 38.1 Å². The van der Waals surface area contributed by atoms with Crippen molar-refractivity contribution in [2.24, 2.45) is 0 Å². The zero-order valence-corrected chi connectivity index (χ0v) is 13.8. The van der Waals surface area contributed by atoms with Gasteiger partial charge in [-0.2, -0.15) is 0 Å². The lowest BCUT2D eigenvalue weighted by atomic mass is 9.90. The second-order valence-electron chi connectivity index (χ2n) is 5.19. The van der Waals surface area contributed by atoms with Crippen LogP contribution in [0.3, 0.4) is 0 Å². The van der Waals surface area contributed by atoms with Crippen molar-refractivity contribution in [1.29, 1.82) is 0 Å². The van der Waals surface area contributed by atoms with E-state index in [4.69, 9.17) is 4.74 Å². The second kappa shape index (κ2) is 7.98. The van der Waals surface area contributed by atoms with Crippen LogP contribution in [0.1, 0.15) is 51.2 Å². The summed E-state index contributed by atoms with van der Waals surface area (Å²) in [5, 5.41) is 6.97. The van der Waals surface area contributed by atoms with Crippen LogP contribution in [0, 0.1) is 6.92 Å². The van der Waals surface area contributed by atoms with Crippen LogP contribution in [0.4, 0.5) is 0 Å². The van der Waals surface area contributed by atoms with Crippen LogP contribution in [0.25, 0.3) is 0 Å². The van der Waals surface area contributed by atoms with Gasteiger partial charge in [-0.05, 0) is 40.2 Å². The number of aryl methyl sites for hydroxylation is 1. The first kappa shape index (κ1) is 16.6. The van der Waals surface area contributed by atoms with E-state index < -0.39 is 0 Å². The summed E-state index contributed by atoms with van der Waals surface area (Å²) < 4.78 is 6.03. The summed E-state index contributed by atoms with van der Waals surface area (Å²) in [5.41, 5.74) is 0.993. The Morgan fingerprint density at radius 1 is 1.42 bits per heavy atom. The molecule has 1 heterocycles. The van der Waals surface area contributed by atoms with Crippen molar-refractivity contribution in [2.45, 2.75) is 65.5 Å². The van der Waals surface area contributed by atoms with E-state index >= 15 is 0 Å². The van der Waals surface area contributed by atoms with Gasteiger partial charge >= 0.3 is 0 Å². The summed E-state index contributed by atoms with van der Waals surface area (Å²) in [7, 11) is 0. The molecule has 2 unspecified atom stereocenters. The first-order valence-corrected chi connectivity index (χ1v) is 8.22. The number of nitrogens with zero attached hydrogens (tertiary/aromatic N) is 1. The lowest BCUT2D eigenvalue weighted by Crippen LogP contribution is -2.51. The molecule has 19 heavy (non-hydrogen) atoms. The standard InChI is InChI=1S/C15H28N2OS/c1-6-9-16-13(15(5,7-2)18-8-3)10-14-17-12(4)11-19-14/h11,13,16H,6-10H2,1-5H3. The SMILES string of the molecule is CCCNC(Cc1nc(C)cs1)C(C)(CC)OCC. The molecule has 0 saturated heterocycles. The zero-order valence-electron chi connectivity index (χ0n) is 13.0. The second-order valence-corrected chi connectivity index (χ2v) is 6.14. The molecule has 1 N–H and O–H groups in total. The Labute approximate surface area is 121 Å². The Hall–Kier alpha value is -0.450. The first-order valence-electron chi connectivity index (χ1n) is 7.34. The number of ether oxygens (including phenoxy) is 1. The molecule has 110 valence electrons. The molecular weight excluding hydrogens is 256 g/mol. The highest BCUT2D eigenvalue weighted by Crippen LogP contribution is 2.24. The number of hydrogen-bond acceptors (Lipinski definition) is 4. The predicted molar refractivity (Wildman–Crippen MR) is 83.0 cm³/mol. The molecule has 2 atom stereocenters. The van der Waals surface area contributed by atoms with Crippen LogP contribution in [0.5, 0.6) is 0 Å². The number of thiazole rings is 1. The summed E-state index contributed by atoms with van der Waals surface area (Å²) in [6.45, 7) is 12.5. The van der Waals surface area contributed by atoms with Crippen molar-refractivity contribution >= 4 is 11.3 Å². The third-order valence-corrected chi connectivity index (χ3v) is 4.59. The van der Waals surface area contributed by atoms with E-state index in [9.17, 15) is 0 Å². The van der Waals surface area contributed by atoms with E-state index in [-0.39, 0.29) is 5.60 Å². The molecule has 0 saturated carbocycles. The largest absolute Gasteiger partial charge is 0.374 e. The molecule has 0 aromatic carbocycles. The number of aromatic nitrogens is 1. The van der Waals surface area contributed by atoms with Crippen molar-refractivity contribution < 1.29 is 4.74 Å². The average Bonchev–Trinajstić information content (AvgIpc) is 2.80. The van der Waals surface area contributed by atoms with Crippen molar-refractivity contribution in [1.82, 2.24) is 10.3 Å². The predicted octanol–water partition coefficient (Wildman–Crippen LogP) is 3.57. The minimum atomic E-state index is -0.122. The molecule has 1 rings (SSSR count). The smallest absolute Gasteiger partial charge is 0.0944 e. The Bertz CT molecular complexity index is 367. The summed E-state index contributed by atoms with van der Waals surface area (Å²) in [6, 6.07) is 0.322. The average molecular weight is 284 g/mol. The number of nitrogens with one attached hydrogen (secondary N) is 1. The van der Waals surface area contributed by atoms with Crippen LogP contribution in [0.2, 0.25) is 0 Å². The molecule has 0 radical (unpaired) electrons. The molecule has 4 heteroatoms. The van der Waals surface area contributed by atoms with Gasteiger partial charge in [0.1, 0.15) is 0 Å². The molecule has 3 nitrogen and oxygen atoms in total. The highest BCUT2D eigenvalue weighted by Gasteiger charge is 2.33. The van der Waals surface area contributed by atoms with Gasteiger partial charge in [0.15, 0.2) is 0 Å². The van der Waals surface area contributed by atoms with E-state index in [0.29, 0.717) is 6.04 Å². The Balaban J connectivity index is 2.80. The molecule has 1 aromatic heterocycles. The first-order chi connectivity index (χ1) is 9.05. The van der Waals surface area contributed by atoms with Gasteiger partial charge in [-0.3, -0.25) is 0 Å². The maximum absolute atomic E-state index is 6.03. The third kappa shape index (κ3) is 4.86. The van der Waals surface area contributed by atoms with Gasteiger partial charge in [0.25, 0.3) is 0 Å². The van der Waals surface area contributed by atoms with E-state index in [1.807, 2.05) is 0 Å². The van der Waals surface area contributed by atoms with Gasteiger partial charge in [-0.25, -0.2) is 4.98 Å². The summed E-state index contributed by atoms with van der Waals surface area (Å²) in [4.78, 5) is 4.59. The summed E-state index contributed by atoms with van der Waals surface area (Å²) in [6.07, 6.45) is 3.09. The van der Waals surface area contributed by atoms with Crippen LogP contribution in [-0.4, -0.2) is 29.8 Å². The molecule has 0 aliphatic rings. The van der Waals surface area contributed by atoms with Crippen molar-refractivity contribution in [3.63, 3.8) is 0 Å². The van der Waals surface area contributed by atoms with E-state index in [1.54, 1.807) is 11.3 Å². The van der Waals surface area contributed by atoms with Crippen LogP contribution >= 0.6 is 11.3 Å². The lowest BCUT2D eigenvalue weighted by Gasteiger charge is -2.37. The zero-order chi connectivity index (χ0) is 14.3. The highest BCUT2D eigenvalue weighted by atomic mass is 32.1. The molecule has 0 bridgehead atoms. The van der Waals surface area contributed by atoms with Gasteiger partial charge in [0, 0.05) is 30.1 Å². The van der Waals surface area contributed by atoms with Crippen LogP contribution < -0.4 is 5.32 Å². The summed E-state index contributed by atoms with van der Waals surface area (Å²) in [5.74, 6) is 0. The highest BCUT2D eigenvalue weighted by molar-refractivity contribution is 7.09. The minimum Gasteiger partial charge on any atom is -0.374 e. The Morgan fingerprint density at radius 2 is 2.16 bits per heavy atom. The van der Waals surface area contributed by atoms with Gasteiger partial charge in [-0.15, -0.1) is 11.3 Å². The normalized spacial score (nSPS) is 16.3. The maximum Gasteiger partial charge on any atom is 0.0944 e. The van der Waals surface area contributed by atoms with Gasteiger partial charge < -0.3 is 10.1 Å². The maximum atomic E-state index is 6.03. The van der Waals surface area contributed by atoms with Crippen molar-refractivity contribution in [3.05, 3.63) is 16.1 Å². The van der Waals surface area contributed by atoms with E-state index in [2.05, 4.69) is 50.3 Å². The Morgan fingerprint density at radius 3 is 2.63 bits per heavy atom. The molecular formula is C15H28N2OS. The van der Waals surface area contributed by atoms with Crippen molar-refractivity contribution in [2.75, 3.05) is 13.2 Å². The quantitative estimate of drug-likeness (QED) is 0.753. The molecule has 1 aromatic rings. The van der Waals surface area contributed by atoms with Crippen LogP contribution in [0.15, 0.2) is 5.38 Å². The molecule has 0 aliphatic carbocycles. The van der Waals surface area contributed by atoms with Gasteiger partial charge in [-0.1, -0.05) is 13.8 Å². The lowest BCUT2D eigenvalue weighted by molar-refractivity contribution is -0.0549. The fourth-order valence-electron chi connectivity index (χ4n) is 2.27. The topological polar surface area (TPSA) is 34.2 Å². The van der Waals surface area contributed by atoms with E-state index in [1.165, 1.54) is 5.01 Å². The monoisotopic (exact) mass is 284 g/mol. The fourth-order valence-corrected chi connectivity index (χ4v) is 3.09. The van der Waals surface area contributed by atoms with Gasteiger partial charge in [0.2, 0.25) is 0 Å². The van der Waals surface area contributed by atoms with Crippen LogP contribution in [-0.2, 0) is 11.2 Å². The Kier molecular flexibility index (Phi) is 6.97.